The van der Waals surface area contributed by atoms with Crippen molar-refractivity contribution in [2.45, 2.75) is 41.0 Å². The molecule has 138 valence electrons. The minimum Gasteiger partial charge on any atom is -0.347 e. The third kappa shape index (κ3) is 3.52. The molecule has 0 aliphatic carbocycles. The standard InChI is InChI=1S/C19H20F2N2OS2/c1-11-18(12-6-8-23(11)9-7-12)22-19(24)16-4-5-17(26-16)25-15-3-2-13(20)10-14(15)21/h2-5,10-12,18H,6-9H2,1H3,(H,22,24)/t11-,18+/m1/s1. The first-order valence-corrected chi connectivity index (χ1v) is 10.4. The van der Waals surface area contributed by atoms with E-state index in [0.717, 1.165) is 36.2 Å². The third-order valence-corrected chi connectivity index (χ3v) is 7.65. The molecule has 4 heterocycles. The van der Waals surface area contributed by atoms with Crippen molar-refractivity contribution in [3.63, 3.8) is 0 Å². The molecule has 3 nitrogen and oxygen atoms in total. The van der Waals surface area contributed by atoms with Crippen LogP contribution in [-0.4, -0.2) is 36.0 Å². The minimum atomic E-state index is -0.593. The molecule has 3 aliphatic rings. The predicted molar refractivity (Wildman–Crippen MR) is 99.8 cm³/mol. The van der Waals surface area contributed by atoms with Gasteiger partial charge in [-0.2, -0.15) is 0 Å². The van der Waals surface area contributed by atoms with Crippen LogP contribution in [0, 0.1) is 17.6 Å². The van der Waals surface area contributed by atoms with Gasteiger partial charge in [-0.15, -0.1) is 11.3 Å². The molecule has 2 bridgehead atoms. The number of hydrogen-bond donors (Lipinski definition) is 1. The molecular weight excluding hydrogens is 374 g/mol. The van der Waals surface area contributed by atoms with Crippen molar-refractivity contribution in [3.05, 3.63) is 46.8 Å². The summed E-state index contributed by atoms with van der Waals surface area (Å²) in [6.07, 6.45) is 2.29. The largest absolute Gasteiger partial charge is 0.347 e. The molecule has 0 unspecified atom stereocenters. The number of hydrogen-bond acceptors (Lipinski definition) is 4. The Morgan fingerprint density at radius 2 is 2.00 bits per heavy atom. The second-order valence-corrected chi connectivity index (χ2v) is 9.33. The first-order valence-electron chi connectivity index (χ1n) is 8.79. The summed E-state index contributed by atoms with van der Waals surface area (Å²) < 4.78 is 27.6. The minimum absolute atomic E-state index is 0.0629. The Bertz CT molecular complexity index is 816. The number of halogens is 2. The molecule has 2 aromatic rings. The summed E-state index contributed by atoms with van der Waals surface area (Å²) in [5.41, 5.74) is 0. The van der Waals surface area contributed by atoms with Crippen LogP contribution in [0.2, 0.25) is 0 Å². The van der Waals surface area contributed by atoms with Crippen molar-refractivity contribution >= 4 is 29.0 Å². The van der Waals surface area contributed by atoms with Crippen LogP contribution in [0.15, 0.2) is 39.4 Å². The highest BCUT2D eigenvalue weighted by Gasteiger charge is 2.40. The molecule has 1 aromatic carbocycles. The molecule has 0 saturated carbocycles. The van der Waals surface area contributed by atoms with E-state index in [0.29, 0.717) is 21.7 Å². The number of amides is 1. The van der Waals surface area contributed by atoms with Gasteiger partial charge in [0.1, 0.15) is 11.6 Å². The van der Waals surface area contributed by atoms with Crippen LogP contribution in [0.25, 0.3) is 0 Å². The van der Waals surface area contributed by atoms with Crippen molar-refractivity contribution in [3.8, 4) is 0 Å². The molecule has 0 spiro atoms. The topological polar surface area (TPSA) is 32.3 Å². The summed E-state index contributed by atoms with van der Waals surface area (Å²) >= 11 is 2.54. The van der Waals surface area contributed by atoms with Crippen molar-refractivity contribution in [1.82, 2.24) is 10.2 Å². The molecule has 7 heteroatoms. The fraction of sp³-hybridized carbons (Fsp3) is 0.421. The first kappa shape index (κ1) is 17.9. The monoisotopic (exact) mass is 394 g/mol. The van der Waals surface area contributed by atoms with Gasteiger partial charge in [0.25, 0.3) is 5.91 Å². The summed E-state index contributed by atoms with van der Waals surface area (Å²) in [6.45, 7) is 4.44. The Hall–Kier alpha value is -1.44. The van der Waals surface area contributed by atoms with Crippen molar-refractivity contribution in [2.24, 2.45) is 5.92 Å². The van der Waals surface area contributed by atoms with Crippen molar-refractivity contribution < 1.29 is 13.6 Å². The highest BCUT2D eigenvalue weighted by Crippen LogP contribution is 2.36. The zero-order valence-electron chi connectivity index (χ0n) is 14.4. The van der Waals surface area contributed by atoms with E-state index in [1.165, 1.54) is 35.2 Å². The number of piperidine rings is 3. The normalized spacial score (nSPS) is 27.5. The molecule has 1 aromatic heterocycles. The van der Waals surface area contributed by atoms with Crippen LogP contribution in [0.5, 0.6) is 0 Å². The first-order chi connectivity index (χ1) is 12.5. The molecule has 1 N–H and O–H groups in total. The van der Waals surface area contributed by atoms with E-state index in [4.69, 9.17) is 0 Å². The van der Waals surface area contributed by atoms with Crippen molar-refractivity contribution in [2.75, 3.05) is 13.1 Å². The molecule has 3 aliphatic heterocycles. The molecule has 1 amide bonds. The summed E-state index contributed by atoms with van der Waals surface area (Å²) in [5, 5.41) is 3.21. The van der Waals surface area contributed by atoms with Crippen LogP contribution in [-0.2, 0) is 0 Å². The lowest BCUT2D eigenvalue weighted by Gasteiger charge is -2.49. The SMILES string of the molecule is C[C@@H]1[C@H](NC(=O)c2ccc(Sc3ccc(F)cc3F)s2)C2CCN1CC2. The second-order valence-electron chi connectivity index (χ2n) is 6.91. The zero-order valence-corrected chi connectivity index (χ0v) is 16.0. The Kier molecular flexibility index (Phi) is 5.03. The fourth-order valence-corrected chi connectivity index (χ4v) is 5.92. The smallest absolute Gasteiger partial charge is 0.261 e. The Morgan fingerprint density at radius 3 is 2.69 bits per heavy atom. The van der Waals surface area contributed by atoms with Gasteiger partial charge in [0, 0.05) is 23.0 Å². The average molecular weight is 395 g/mol. The summed E-state index contributed by atoms with van der Waals surface area (Å²) in [5.74, 6) is -0.687. The number of benzene rings is 1. The number of fused-ring (bicyclic) bond motifs is 3. The quantitative estimate of drug-likeness (QED) is 0.835. The molecule has 5 rings (SSSR count). The Labute approximate surface area is 159 Å². The van der Waals surface area contributed by atoms with Crippen LogP contribution in [0.1, 0.15) is 29.4 Å². The lowest BCUT2D eigenvalue weighted by Crippen LogP contribution is -2.62. The molecule has 2 atom stereocenters. The van der Waals surface area contributed by atoms with E-state index in [-0.39, 0.29) is 11.9 Å². The fourth-order valence-electron chi connectivity index (χ4n) is 3.93. The van der Waals surface area contributed by atoms with Gasteiger partial charge in [-0.1, -0.05) is 11.8 Å². The van der Waals surface area contributed by atoms with Crippen LogP contribution >= 0.6 is 23.1 Å². The number of thiophene rings is 1. The number of rotatable bonds is 4. The van der Waals surface area contributed by atoms with Gasteiger partial charge in [-0.3, -0.25) is 9.69 Å². The highest BCUT2D eigenvalue weighted by atomic mass is 32.2. The summed E-state index contributed by atoms with van der Waals surface area (Å²) in [7, 11) is 0. The van der Waals surface area contributed by atoms with Gasteiger partial charge in [-0.05, 0) is 63.0 Å². The zero-order chi connectivity index (χ0) is 18.3. The number of nitrogens with zero attached hydrogens (tertiary/aromatic N) is 1. The maximum Gasteiger partial charge on any atom is 0.261 e. The van der Waals surface area contributed by atoms with E-state index in [2.05, 4.69) is 17.1 Å². The van der Waals surface area contributed by atoms with E-state index in [9.17, 15) is 13.6 Å². The molecule has 0 radical (unpaired) electrons. The summed E-state index contributed by atoms with van der Waals surface area (Å²) in [6, 6.07) is 7.68. The number of carbonyl (C=O) groups is 1. The number of carbonyl (C=O) groups excluding carboxylic acids is 1. The predicted octanol–water partition coefficient (Wildman–Crippen LogP) is 4.39. The van der Waals surface area contributed by atoms with Gasteiger partial charge in [0.15, 0.2) is 0 Å². The van der Waals surface area contributed by atoms with Crippen molar-refractivity contribution in [1.29, 1.82) is 0 Å². The average Bonchev–Trinajstić information content (AvgIpc) is 3.09. The molecule has 3 fully saturated rings. The van der Waals surface area contributed by atoms with Gasteiger partial charge in [0.05, 0.1) is 9.09 Å². The highest BCUT2D eigenvalue weighted by molar-refractivity contribution is 8.01. The van der Waals surface area contributed by atoms with Gasteiger partial charge in [-0.25, -0.2) is 8.78 Å². The lowest BCUT2D eigenvalue weighted by molar-refractivity contribution is 0.0218. The van der Waals surface area contributed by atoms with Gasteiger partial charge >= 0.3 is 0 Å². The number of nitrogens with one attached hydrogen (secondary N) is 1. The Morgan fingerprint density at radius 1 is 1.23 bits per heavy atom. The molecule has 26 heavy (non-hydrogen) atoms. The maximum absolute atomic E-state index is 13.8. The van der Waals surface area contributed by atoms with Crippen LogP contribution in [0.3, 0.4) is 0 Å². The molecular formula is C19H20F2N2OS2. The Balaban J connectivity index is 1.43. The van der Waals surface area contributed by atoms with E-state index < -0.39 is 11.6 Å². The third-order valence-electron chi connectivity index (χ3n) is 5.39. The van der Waals surface area contributed by atoms with Crippen LogP contribution < -0.4 is 5.32 Å². The molecule has 3 saturated heterocycles. The second kappa shape index (κ2) is 7.29. The van der Waals surface area contributed by atoms with E-state index in [1.807, 2.05) is 6.07 Å². The van der Waals surface area contributed by atoms with E-state index >= 15 is 0 Å². The maximum atomic E-state index is 13.8. The summed E-state index contributed by atoms with van der Waals surface area (Å²) in [4.78, 5) is 16.1. The van der Waals surface area contributed by atoms with Gasteiger partial charge < -0.3 is 5.32 Å². The van der Waals surface area contributed by atoms with Gasteiger partial charge in [0.2, 0.25) is 0 Å². The van der Waals surface area contributed by atoms with E-state index in [1.54, 1.807) is 6.07 Å². The lowest BCUT2D eigenvalue weighted by atomic mass is 9.79. The van der Waals surface area contributed by atoms with Crippen LogP contribution in [0.4, 0.5) is 8.78 Å².